The fourth-order valence-corrected chi connectivity index (χ4v) is 8.43. The highest BCUT2D eigenvalue weighted by Crippen LogP contribution is 2.43. The van der Waals surface area contributed by atoms with Crippen molar-refractivity contribution in [3.8, 4) is 22.3 Å². The van der Waals surface area contributed by atoms with Gasteiger partial charge >= 0.3 is 0 Å². The minimum atomic E-state index is 0.890. The first-order valence-corrected chi connectivity index (χ1v) is 17.4. The number of benzene rings is 8. The third-order valence-corrected chi connectivity index (χ3v) is 10.8. The van der Waals surface area contributed by atoms with E-state index < -0.39 is 0 Å². The van der Waals surface area contributed by atoms with E-state index >= 15 is 0 Å². The second-order valence-corrected chi connectivity index (χ2v) is 13.6. The molecule has 0 amide bonds. The van der Waals surface area contributed by atoms with Crippen LogP contribution < -0.4 is 4.90 Å². The summed E-state index contributed by atoms with van der Waals surface area (Å²) >= 11 is 1.86. The van der Waals surface area contributed by atoms with Gasteiger partial charge in [-0.05, 0) is 99.8 Å². The number of anilines is 3. The van der Waals surface area contributed by atoms with Gasteiger partial charge in [-0.25, -0.2) is 0 Å². The number of rotatable bonds is 5. The Morgan fingerprint density at radius 3 is 1.98 bits per heavy atom. The zero-order valence-corrected chi connectivity index (χ0v) is 27.3. The molecule has 10 rings (SSSR count). The summed E-state index contributed by atoms with van der Waals surface area (Å²) in [6, 6.07) is 63.3. The van der Waals surface area contributed by atoms with E-state index in [1.54, 1.807) is 0 Å². The van der Waals surface area contributed by atoms with Crippen LogP contribution in [0.1, 0.15) is 0 Å². The number of hydrogen-bond donors (Lipinski definition) is 0. The zero-order chi connectivity index (χ0) is 32.3. The van der Waals surface area contributed by atoms with Gasteiger partial charge in [-0.3, -0.25) is 0 Å². The van der Waals surface area contributed by atoms with Gasteiger partial charge in [-0.1, -0.05) is 109 Å². The molecule has 2 nitrogen and oxygen atoms in total. The highest BCUT2D eigenvalue weighted by Gasteiger charge is 2.17. The molecule has 0 spiro atoms. The van der Waals surface area contributed by atoms with Gasteiger partial charge in [-0.2, -0.15) is 0 Å². The van der Waals surface area contributed by atoms with Crippen molar-refractivity contribution in [3.05, 3.63) is 176 Å². The minimum Gasteiger partial charge on any atom is -0.456 e. The second kappa shape index (κ2) is 11.2. The first kappa shape index (κ1) is 27.9. The smallest absolute Gasteiger partial charge is 0.135 e. The number of hydrogen-bond acceptors (Lipinski definition) is 3. The number of furan rings is 1. The summed E-state index contributed by atoms with van der Waals surface area (Å²) in [6.07, 6.45) is 0. The van der Waals surface area contributed by atoms with E-state index in [-0.39, 0.29) is 0 Å². The quantitative estimate of drug-likeness (QED) is 0.186. The van der Waals surface area contributed by atoms with E-state index in [0.29, 0.717) is 0 Å². The average Bonchev–Trinajstić information content (AvgIpc) is 3.74. The Morgan fingerprint density at radius 1 is 0.388 bits per heavy atom. The summed E-state index contributed by atoms with van der Waals surface area (Å²) in [5.74, 6) is 0. The largest absolute Gasteiger partial charge is 0.456 e. The molecule has 8 aromatic carbocycles. The lowest BCUT2D eigenvalue weighted by molar-refractivity contribution is 0.669. The first-order chi connectivity index (χ1) is 24.3. The lowest BCUT2D eigenvalue weighted by atomic mass is 9.98. The monoisotopic (exact) mass is 643 g/mol. The van der Waals surface area contributed by atoms with Crippen molar-refractivity contribution < 1.29 is 4.42 Å². The Balaban J connectivity index is 1.13. The molecule has 0 N–H and O–H groups in total. The Labute approximate surface area is 287 Å². The van der Waals surface area contributed by atoms with Crippen LogP contribution in [-0.2, 0) is 0 Å². The molecule has 3 heteroatoms. The van der Waals surface area contributed by atoms with Crippen LogP contribution in [0.5, 0.6) is 0 Å². The number of nitrogens with zero attached hydrogens (tertiary/aromatic N) is 1. The Kier molecular flexibility index (Phi) is 6.39. The number of para-hydroxylation sites is 1. The summed E-state index contributed by atoms with van der Waals surface area (Å²) in [4.78, 5) is 2.36. The van der Waals surface area contributed by atoms with Gasteiger partial charge in [-0.15, -0.1) is 11.3 Å². The fourth-order valence-electron chi connectivity index (χ4n) is 7.30. The summed E-state index contributed by atoms with van der Waals surface area (Å²) < 4.78 is 8.85. The average molecular weight is 644 g/mol. The molecule has 2 aromatic heterocycles. The third-order valence-electron chi connectivity index (χ3n) is 9.64. The normalized spacial score (nSPS) is 11.7. The topological polar surface area (TPSA) is 16.4 Å². The third kappa shape index (κ3) is 4.70. The first-order valence-electron chi connectivity index (χ1n) is 16.6. The molecule has 0 saturated heterocycles. The van der Waals surface area contributed by atoms with Gasteiger partial charge in [0.05, 0.1) is 0 Å². The molecule has 0 atom stereocenters. The van der Waals surface area contributed by atoms with Crippen molar-refractivity contribution >= 4 is 81.3 Å². The maximum atomic E-state index is 6.22. The lowest BCUT2D eigenvalue weighted by Gasteiger charge is -2.26. The molecule has 0 saturated carbocycles. The summed E-state index contributed by atoms with van der Waals surface area (Å²) in [5.41, 5.74) is 9.90. The maximum Gasteiger partial charge on any atom is 0.135 e. The molecule has 0 aliphatic rings. The Bertz CT molecular complexity index is 2840. The second-order valence-electron chi connectivity index (χ2n) is 12.6. The molecule has 0 bridgehead atoms. The number of fused-ring (bicyclic) bond motifs is 7. The predicted molar refractivity (Wildman–Crippen MR) is 210 cm³/mol. The lowest BCUT2D eigenvalue weighted by Crippen LogP contribution is -2.10. The minimum absolute atomic E-state index is 0.890. The van der Waals surface area contributed by atoms with Crippen LogP contribution in [-0.4, -0.2) is 0 Å². The molecule has 230 valence electrons. The van der Waals surface area contributed by atoms with Gasteiger partial charge < -0.3 is 9.32 Å². The van der Waals surface area contributed by atoms with Crippen molar-refractivity contribution in [2.45, 2.75) is 0 Å². The van der Waals surface area contributed by atoms with Gasteiger partial charge in [0.15, 0.2) is 0 Å². The summed E-state index contributed by atoms with van der Waals surface area (Å²) in [7, 11) is 0. The molecule has 0 fully saturated rings. The predicted octanol–water partition coefficient (Wildman–Crippen LogP) is 13.9. The van der Waals surface area contributed by atoms with Crippen LogP contribution in [0, 0.1) is 0 Å². The van der Waals surface area contributed by atoms with Crippen molar-refractivity contribution in [2.75, 3.05) is 4.90 Å². The molecular weight excluding hydrogens is 615 g/mol. The van der Waals surface area contributed by atoms with E-state index in [2.05, 4.69) is 169 Å². The molecular formula is C46H29NOS. The van der Waals surface area contributed by atoms with E-state index in [9.17, 15) is 0 Å². The van der Waals surface area contributed by atoms with Crippen LogP contribution >= 0.6 is 11.3 Å². The zero-order valence-electron chi connectivity index (χ0n) is 26.5. The number of thiophene rings is 1. The highest BCUT2D eigenvalue weighted by atomic mass is 32.1. The van der Waals surface area contributed by atoms with Crippen molar-refractivity contribution in [2.24, 2.45) is 0 Å². The SMILES string of the molecule is c1cc(-c2ccc3ccccc3c2)cc(N(c2ccc(-c3cccc4sc5ccccc5c34)cc2)c2ccc3oc4ccccc4c3c2)c1. The van der Waals surface area contributed by atoms with Gasteiger partial charge in [0.2, 0.25) is 0 Å². The molecule has 0 aliphatic carbocycles. The molecule has 10 aromatic rings. The van der Waals surface area contributed by atoms with Gasteiger partial charge in [0.1, 0.15) is 11.2 Å². The highest BCUT2D eigenvalue weighted by molar-refractivity contribution is 7.25. The van der Waals surface area contributed by atoms with Crippen LogP contribution in [0.2, 0.25) is 0 Å². The van der Waals surface area contributed by atoms with E-state index in [1.807, 2.05) is 23.5 Å². The summed E-state index contributed by atoms with van der Waals surface area (Å²) in [5, 5.41) is 7.36. The van der Waals surface area contributed by atoms with Gasteiger partial charge in [0, 0.05) is 48.0 Å². The fraction of sp³-hybridized carbons (Fsp3) is 0. The molecule has 0 unspecified atom stereocenters. The van der Waals surface area contributed by atoms with E-state index in [4.69, 9.17) is 4.42 Å². The molecule has 49 heavy (non-hydrogen) atoms. The Morgan fingerprint density at radius 2 is 1.06 bits per heavy atom. The maximum absolute atomic E-state index is 6.22. The summed E-state index contributed by atoms with van der Waals surface area (Å²) in [6.45, 7) is 0. The van der Waals surface area contributed by atoms with E-state index in [0.717, 1.165) is 39.0 Å². The van der Waals surface area contributed by atoms with Crippen LogP contribution in [0.3, 0.4) is 0 Å². The van der Waals surface area contributed by atoms with Crippen molar-refractivity contribution in [1.82, 2.24) is 0 Å². The Hall–Kier alpha value is -6.16. The van der Waals surface area contributed by atoms with Crippen LogP contribution in [0.25, 0.3) is 75.1 Å². The molecule has 0 aliphatic heterocycles. The molecule has 0 radical (unpaired) electrons. The van der Waals surface area contributed by atoms with Crippen LogP contribution in [0.15, 0.2) is 180 Å². The standard InChI is InChI=1S/C46H29NOS/c1-2-10-32-27-34(20-19-30(32)9-1)33-11-7-12-36(28-33)47(37-25-26-43-41(29-37)39-13-3-5-16-42(39)48-43)35-23-21-31(22-24-35)38-15-8-18-45-46(38)40-14-4-6-17-44(40)49-45/h1-29H. The van der Waals surface area contributed by atoms with Crippen molar-refractivity contribution in [3.63, 3.8) is 0 Å². The van der Waals surface area contributed by atoms with Crippen LogP contribution in [0.4, 0.5) is 17.1 Å². The van der Waals surface area contributed by atoms with Gasteiger partial charge in [0.25, 0.3) is 0 Å². The van der Waals surface area contributed by atoms with Crippen molar-refractivity contribution in [1.29, 1.82) is 0 Å². The van der Waals surface area contributed by atoms with E-state index in [1.165, 1.54) is 53.2 Å². The molecule has 2 heterocycles.